The third kappa shape index (κ3) is 2.96. The molecule has 88 valence electrons. The van der Waals surface area contributed by atoms with Crippen LogP contribution in [-0.4, -0.2) is 14.1 Å². The number of hydrogen-bond acceptors (Lipinski definition) is 0. The average molecular weight is 291 g/mol. The Balaban J connectivity index is 2.28. The molecule has 0 saturated heterocycles. The molecule has 0 unspecified atom stereocenters. The fourth-order valence-electron chi connectivity index (χ4n) is 2.07. The van der Waals surface area contributed by atoms with Gasteiger partial charge in [0.25, 0.3) is 0 Å². The summed E-state index contributed by atoms with van der Waals surface area (Å²) in [5.74, 6) is 0. The van der Waals surface area contributed by atoms with Crippen molar-refractivity contribution in [2.24, 2.45) is 0 Å². The standard InChI is InChI=1S/C15H17BrN/c1-17(2,12-13-8-4-3-5-9-13)15-11-7-6-10-14(15)16/h3-11H,12H2,1-2H3/q+1. The number of halogens is 1. The first kappa shape index (κ1) is 12.3. The van der Waals surface area contributed by atoms with Crippen molar-refractivity contribution in [3.63, 3.8) is 0 Å². The highest BCUT2D eigenvalue weighted by Gasteiger charge is 2.21. The molecular weight excluding hydrogens is 274 g/mol. The number of quaternary nitrogens is 1. The van der Waals surface area contributed by atoms with Gasteiger partial charge in [0.2, 0.25) is 0 Å². The molecule has 0 radical (unpaired) electrons. The van der Waals surface area contributed by atoms with E-state index in [1.54, 1.807) is 0 Å². The molecule has 0 spiro atoms. The van der Waals surface area contributed by atoms with E-state index in [2.05, 4.69) is 84.6 Å². The predicted octanol–water partition coefficient (Wildman–Crippen LogP) is 4.22. The number of hydrogen-bond donors (Lipinski definition) is 0. The molecule has 0 heterocycles. The van der Waals surface area contributed by atoms with Gasteiger partial charge in [0.05, 0.1) is 18.6 Å². The minimum Gasteiger partial charge on any atom is -0.291 e. The average Bonchev–Trinajstić information content (AvgIpc) is 2.30. The van der Waals surface area contributed by atoms with E-state index in [1.165, 1.54) is 15.7 Å². The van der Waals surface area contributed by atoms with Crippen molar-refractivity contribution in [1.29, 1.82) is 0 Å². The van der Waals surface area contributed by atoms with Crippen molar-refractivity contribution >= 4 is 21.6 Å². The molecule has 0 atom stereocenters. The second-order valence-electron chi connectivity index (χ2n) is 4.78. The van der Waals surface area contributed by atoms with E-state index in [1.807, 2.05) is 0 Å². The van der Waals surface area contributed by atoms with Crippen LogP contribution in [0.4, 0.5) is 5.69 Å². The summed E-state index contributed by atoms with van der Waals surface area (Å²) in [5.41, 5.74) is 2.66. The van der Waals surface area contributed by atoms with Gasteiger partial charge < -0.3 is 0 Å². The number of nitrogens with zero attached hydrogens (tertiary/aromatic N) is 1. The lowest BCUT2D eigenvalue weighted by atomic mass is 10.2. The van der Waals surface area contributed by atoms with Crippen LogP contribution >= 0.6 is 15.9 Å². The van der Waals surface area contributed by atoms with Crippen molar-refractivity contribution in [3.8, 4) is 0 Å². The Morgan fingerprint density at radius 3 is 2.12 bits per heavy atom. The Bertz CT molecular complexity index is 491. The molecule has 0 aromatic heterocycles. The monoisotopic (exact) mass is 290 g/mol. The van der Waals surface area contributed by atoms with Crippen LogP contribution in [0.1, 0.15) is 5.56 Å². The second kappa shape index (κ2) is 5.03. The summed E-state index contributed by atoms with van der Waals surface area (Å²) in [5, 5.41) is 0. The largest absolute Gasteiger partial charge is 0.291 e. The zero-order valence-electron chi connectivity index (χ0n) is 10.2. The highest BCUT2D eigenvalue weighted by molar-refractivity contribution is 9.10. The summed E-state index contributed by atoms with van der Waals surface area (Å²) < 4.78 is 2.01. The van der Waals surface area contributed by atoms with Gasteiger partial charge in [-0.15, -0.1) is 0 Å². The zero-order valence-corrected chi connectivity index (χ0v) is 11.8. The van der Waals surface area contributed by atoms with Gasteiger partial charge in [-0.3, -0.25) is 4.48 Å². The van der Waals surface area contributed by atoms with Crippen LogP contribution < -0.4 is 4.48 Å². The quantitative estimate of drug-likeness (QED) is 0.743. The molecule has 0 bridgehead atoms. The highest BCUT2D eigenvalue weighted by atomic mass is 79.9. The van der Waals surface area contributed by atoms with E-state index in [0.29, 0.717) is 0 Å². The first-order valence-corrected chi connectivity index (χ1v) is 6.51. The smallest absolute Gasteiger partial charge is 0.147 e. The maximum absolute atomic E-state index is 3.63. The second-order valence-corrected chi connectivity index (χ2v) is 5.63. The minimum atomic E-state index is 0.839. The van der Waals surface area contributed by atoms with Gasteiger partial charge >= 0.3 is 0 Å². The summed E-state index contributed by atoms with van der Waals surface area (Å²) in [6.07, 6.45) is 0. The van der Waals surface area contributed by atoms with Crippen LogP contribution in [0.15, 0.2) is 59.1 Å². The Kier molecular flexibility index (Phi) is 3.65. The summed E-state index contributed by atoms with van der Waals surface area (Å²) in [4.78, 5) is 0. The Morgan fingerprint density at radius 2 is 1.47 bits per heavy atom. The lowest BCUT2D eigenvalue weighted by Gasteiger charge is -2.30. The van der Waals surface area contributed by atoms with Crippen molar-refractivity contribution in [3.05, 3.63) is 64.6 Å². The minimum absolute atomic E-state index is 0.839. The Hall–Kier alpha value is -1.12. The van der Waals surface area contributed by atoms with Gasteiger partial charge in [-0.2, -0.15) is 0 Å². The molecule has 0 saturated carbocycles. The summed E-state index contributed by atoms with van der Waals surface area (Å²) in [7, 11) is 4.46. The van der Waals surface area contributed by atoms with Crippen LogP contribution in [0.3, 0.4) is 0 Å². The maximum atomic E-state index is 3.63. The van der Waals surface area contributed by atoms with Crippen LogP contribution in [0.5, 0.6) is 0 Å². The predicted molar refractivity (Wildman–Crippen MR) is 77.9 cm³/mol. The van der Waals surface area contributed by atoms with Crippen molar-refractivity contribution < 1.29 is 0 Å². The van der Waals surface area contributed by atoms with Crippen molar-refractivity contribution in [2.75, 3.05) is 14.1 Å². The third-order valence-corrected chi connectivity index (χ3v) is 3.60. The Labute approximate surface area is 111 Å². The summed E-state index contributed by atoms with van der Waals surface area (Å²) >= 11 is 3.63. The van der Waals surface area contributed by atoms with Gasteiger partial charge in [0.1, 0.15) is 12.2 Å². The summed E-state index contributed by atoms with van der Waals surface area (Å²) in [6.45, 7) is 0.990. The molecular formula is C15H17BrN+. The molecule has 0 amide bonds. The van der Waals surface area contributed by atoms with Gasteiger partial charge in [0, 0.05) is 11.6 Å². The van der Waals surface area contributed by atoms with Crippen LogP contribution in [-0.2, 0) is 6.54 Å². The third-order valence-electron chi connectivity index (χ3n) is 2.93. The molecule has 2 aromatic carbocycles. The number of benzene rings is 2. The maximum Gasteiger partial charge on any atom is 0.147 e. The van der Waals surface area contributed by atoms with Gasteiger partial charge in [-0.05, 0) is 22.0 Å². The molecule has 17 heavy (non-hydrogen) atoms. The molecule has 0 fully saturated rings. The molecule has 0 aliphatic rings. The molecule has 2 heteroatoms. The molecule has 1 nitrogen and oxygen atoms in total. The fraction of sp³-hybridized carbons (Fsp3) is 0.200. The molecule has 2 aromatic rings. The Morgan fingerprint density at radius 1 is 0.882 bits per heavy atom. The fourth-order valence-corrected chi connectivity index (χ4v) is 2.83. The van der Waals surface area contributed by atoms with E-state index in [-0.39, 0.29) is 0 Å². The van der Waals surface area contributed by atoms with E-state index in [0.717, 1.165) is 11.0 Å². The molecule has 0 aliphatic carbocycles. The van der Waals surface area contributed by atoms with E-state index in [9.17, 15) is 0 Å². The lowest BCUT2D eigenvalue weighted by molar-refractivity contribution is 0.390. The topological polar surface area (TPSA) is 0 Å². The van der Waals surface area contributed by atoms with Gasteiger partial charge in [-0.25, -0.2) is 0 Å². The molecule has 0 N–H and O–H groups in total. The normalized spacial score (nSPS) is 11.5. The number of para-hydroxylation sites is 1. The van der Waals surface area contributed by atoms with Crippen LogP contribution in [0, 0.1) is 0 Å². The highest BCUT2D eigenvalue weighted by Crippen LogP contribution is 2.30. The van der Waals surface area contributed by atoms with E-state index < -0.39 is 0 Å². The van der Waals surface area contributed by atoms with E-state index in [4.69, 9.17) is 0 Å². The van der Waals surface area contributed by atoms with Crippen LogP contribution in [0.25, 0.3) is 0 Å². The summed E-state index contributed by atoms with van der Waals surface area (Å²) in [6, 6.07) is 19.0. The van der Waals surface area contributed by atoms with Crippen molar-refractivity contribution in [2.45, 2.75) is 6.54 Å². The lowest BCUT2D eigenvalue weighted by Crippen LogP contribution is -2.39. The van der Waals surface area contributed by atoms with Gasteiger partial charge in [0.15, 0.2) is 0 Å². The van der Waals surface area contributed by atoms with Gasteiger partial charge in [-0.1, -0.05) is 42.5 Å². The zero-order chi connectivity index (χ0) is 12.3. The van der Waals surface area contributed by atoms with Crippen LogP contribution in [0.2, 0.25) is 0 Å². The SMILES string of the molecule is C[N+](C)(Cc1ccccc1)c1ccccc1Br. The first-order chi connectivity index (χ1) is 8.09. The van der Waals surface area contributed by atoms with E-state index >= 15 is 0 Å². The number of rotatable bonds is 3. The molecule has 2 rings (SSSR count). The first-order valence-electron chi connectivity index (χ1n) is 5.71. The van der Waals surface area contributed by atoms with Crippen molar-refractivity contribution in [1.82, 2.24) is 4.48 Å². The molecule has 0 aliphatic heterocycles.